The lowest BCUT2D eigenvalue weighted by molar-refractivity contribution is -0.872. The van der Waals surface area contributed by atoms with E-state index in [0.717, 1.165) is 13.1 Å². The zero-order valence-corrected chi connectivity index (χ0v) is 15.5. The van der Waals surface area contributed by atoms with Crippen LogP contribution in [0.4, 0.5) is 0 Å². The molecule has 0 saturated carbocycles. The molecule has 124 valence electrons. The number of rotatable bonds is 4. The van der Waals surface area contributed by atoms with Gasteiger partial charge in [0.05, 0.1) is 28.2 Å². The Morgan fingerprint density at radius 3 is 1.05 bits per heavy atom. The Morgan fingerprint density at radius 2 is 0.818 bits per heavy atom. The number of benzene rings is 2. The van der Waals surface area contributed by atoms with E-state index in [9.17, 15) is 0 Å². The van der Waals surface area contributed by atoms with E-state index in [1.807, 2.05) is 0 Å². The predicted molar refractivity (Wildman–Crippen MR) is 85.9 cm³/mol. The van der Waals surface area contributed by atoms with Crippen LogP contribution in [0.25, 0.3) is 0 Å². The molecule has 0 heterocycles. The summed E-state index contributed by atoms with van der Waals surface area (Å²) in [5.41, 5.74) is 2.81. The first-order valence-corrected chi connectivity index (χ1v) is 7.24. The van der Waals surface area contributed by atoms with Crippen molar-refractivity contribution in [2.45, 2.75) is 13.1 Å². The highest BCUT2D eigenvalue weighted by atomic mass is 35.5. The molecule has 0 fully saturated rings. The van der Waals surface area contributed by atoms with E-state index < -0.39 is 0 Å². The Hall–Kier alpha value is -1.06. The third-order valence-electron chi connectivity index (χ3n) is 2.80. The van der Waals surface area contributed by atoms with Gasteiger partial charge in [-0.05, 0) is 0 Å². The third-order valence-corrected chi connectivity index (χ3v) is 2.80. The summed E-state index contributed by atoms with van der Waals surface area (Å²) in [6.07, 6.45) is 0. The normalized spacial score (nSPS) is 9.36. The van der Waals surface area contributed by atoms with Crippen LogP contribution < -0.4 is 34.6 Å². The fraction of sp³-hybridized carbons (Fsp3) is 0.333. The molecule has 22 heavy (non-hydrogen) atoms. The van der Waals surface area contributed by atoms with Crippen LogP contribution in [-0.2, 0) is 13.1 Å². The summed E-state index contributed by atoms with van der Waals surface area (Å²) >= 11 is 0. The Balaban J connectivity index is 0. The quantitative estimate of drug-likeness (QED) is 0.549. The first kappa shape index (κ1) is 23.2. The highest BCUT2D eigenvalue weighted by Gasteiger charge is 1.94. The second-order valence-corrected chi connectivity index (χ2v) is 5.74. The van der Waals surface area contributed by atoms with Gasteiger partial charge in [-0.2, -0.15) is 0 Å². The van der Waals surface area contributed by atoms with Crippen LogP contribution in [0.2, 0.25) is 0 Å². The summed E-state index contributed by atoms with van der Waals surface area (Å²) in [6, 6.07) is 21.1. The molecule has 0 spiro atoms. The highest BCUT2D eigenvalue weighted by molar-refractivity contribution is 5.13. The van der Waals surface area contributed by atoms with Gasteiger partial charge in [-0.1, -0.05) is 60.7 Å². The lowest BCUT2D eigenvalue weighted by Crippen LogP contribution is -3.04. The van der Waals surface area contributed by atoms with Crippen molar-refractivity contribution in [2.24, 2.45) is 0 Å². The van der Waals surface area contributed by atoms with E-state index in [4.69, 9.17) is 0 Å². The molecule has 0 amide bonds. The van der Waals surface area contributed by atoms with Crippen LogP contribution in [0.1, 0.15) is 11.1 Å². The molecule has 2 rings (SSSR count). The molecule has 2 nitrogen and oxygen atoms in total. The largest absolute Gasteiger partial charge is 1.00 e. The summed E-state index contributed by atoms with van der Waals surface area (Å²) in [5, 5.41) is 0. The molecular formula is C18H28Cl2N2. The number of nitrogens with one attached hydrogen (secondary N) is 2. The average Bonchev–Trinajstić information content (AvgIpc) is 2.40. The Kier molecular flexibility index (Phi) is 14.3. The van der Waals surface area contributed by atoms with Gasteiger partial charge in [0.1, 0.15) is 13.1 Å². The molecule has 2 N–H and O–H groups in total. The maximum Gasteiger partial charge on any atom is 0.102 e. The molecule has 0 bridgehead atoms. The summed E-state index contributed by atoms with van der Waals surface area (Å²) in [7, 11) is 8.64. The monoisotopic (exact) mass is 342 g/mol. The van der Waals surface area contributed by atoms with Gasteiger partial charge < -0.3 is 34.6 Å². The van der Waals surface area contributed by atoms with Crippen LogP contribution in [0.3, 0.4) is 0 Å². The molecule has 0 aliphatic rings. The molecule has 0 atom stereocenters. The van der Waals surface area contributed by atoms with Gasteiger partial charge in [-0.3, -0.25) is 0 Å². The van der Waals surface area contributed by atoms with Gasteiger partial charge in [-0.15, -0.1) is 0 Å². The fourth-order valence-corrected chi connectivity index (χ4v) is 2.01. The summed E-state index contributed by atoms with van der Waals surface area (Å²) in [5.74, 6) is 0. The molecule has 0 saturated heterocycles. The van der Waals surface area contributed by atoms with Crippen molar-refractivity contribution >= 4 is 0 Å². The lowest BCUT2D eigenvalue weighted by Gasteiger charge is -2.05. The molecule has 0 aliphatic carbocycles. The number of quaternary nitrogens is 2. The first-order valence-electron chi connectivity index (χ1n) is 7.24. The molecule has 0 aromatic heterocycles. The van der Waals surface area contributed by atoms with Crippen LogP contribution in [-0.4, -0.2) is 28.2 Å². The molecule has 0 radical (unpaired) electrons. The Labute approximate surface area is 148 Å². The lowest BCUT2D eigenvalue weighted by atomic mass is 10.2. The third kappa shape index (κ3) is 11.6. The molecular weight excluding hydrogens is 315 g/mol. The van der Waals surface area contributed by atoms with Crippen molar-refractivity contribution in [3.8, 4) is 0 Å². The smallest absolute Gasteiger partial charge is 0.102 e. The number of hydrogen-bond acceptors (Lipinski definition) is 0. The second-order valence-electron chi connectivity index (χ2n) is 5.74. The van der Waals surface area contributed by atoms with Crippen molar-refractivity contribution < 1.29 is 34.6 Å². The summed E-state index contributed by atoms with van der Waals surface area (Å²) in [6.45, 7) is 2.22. The Morgan fingerprint density at radius 1 is 0.545 bits per heavy atom. The van der Waals surface area contributed by atoms with E-state index in [1.54, 1.807) is 0 Å². The first-order chi connectivity index (χ1) is 9.58. The van der Waals surface area contributed by atoms with Gasteiger partial charge >= 0.3 is 0 Å². The zero-order valence-electron chi connectivity index (χ0n) is 13.9. The predicted octanol–water partition coefficient (Wildman–Crippen LogP) is -5.33. The van der Waals surface area contributed by atoms with Crippen molar-refractivity contribution in [3.63, 3.8) is 0 Å². The molecule has 0 unspecified atom stereocenters. The summed E-state index contributed by atoms with van der Waals surface area (Å²) < 4.78 is 0. The van der Waals surface area contributed by atoms with Crippen molar-refractivity contribution in [1.82, 2.24) is 0 Å². The van der Waals surface area contributed by atoms with Gasteiger partial charge in [0.15, 0.2) is 0 Å². The van der Waals surface area contributed by atoms with Crippen LogP contribution >= 0.6 is 0 Å². The van der Waals surface area contributed by atoms with Crippen molar-refractivity contribution in [2.75, 3.05) is 28.2 Å². The maximum atomic E-state index is 2.16. The van der Waals surface area contributed by atoms with Crippen molar-refractivity contribution in [1.29, 1.82) is 0 Å². The van der Waals surface area contributed by atoms with E-state index in [-0.39, 0.29) is 24.8 Å². The SMILES string of the molecule is C[NH+](C)Cc1ccccc1.C[NH+](C)Cc1ccccc1.[Cl-].[Cl-]. The number of halogens is 2. The van der Waals surface area contributed by atoms with Crippen LogP contribution in [0.5, 0.6) is 0 Å². The highest BCUT2D eigenvalue weighted by Crippen LogP contribution is 1.94. The van der Waals surface area contributed by atoms with Crippen LogP contribution in [0, 0.1) is 0 Å². The standard InChI is InChI=1S/2C9H13N.2ClH/c2*1-10(2)8-9-6-4-3-5-7-9;;/h2*3-7H,8H2,1-2H3;2*1H. The van der Waals surface area contributed by atoms with E-state index in [1.165, 1.54) is 20.9 Å². The minimum atomic E-state index is 0. The topological polar surface area (TPSA) is 8.88 Å². The van der Waals surface area contributed by atoms with Gasteiger partial charge in [0.2, 0.25) is 0 Å². The molecule has 4 heteroatoms. The minimum Gasteiger partial charge on any atom is -1.00 e. The van der Waals surface area contributed by atoms with Gasteiger partial charge in [-0.25, -0.2) is 0 Å². The van der Waals surface area contributed by atoms with Gasteiger partial charge in [0.25, 0.3) is 0 Å². The van der Waals surface area contributed by atoms with Crippen LogP contribution in [0.15, 0.2) is 60.7 Å². The average molecular weight is 343 g/mol. The van der Waals surface area contributed by atoms with E-state index in [2.05, 4.69) is 88.9 Å². The summed E-state index contributed by atoms with van der Waals surface area (Å²) in [4.78, 5) is 2.93. The molecule has 2 aromatic carbocycles. The maximum absolute atomic E-state index is 2.16. The van der Waals surface area contributed by atoms with Crippen molar-refractivity contribution in [3.05, 3.63) is 71.8 Å². The fourth-order valence-electron chi connectivity index (χ4n) is 2.01. The number of hydrogen-bond donors (Lipinski definition) is 2. The van der Waals surface area contributed by atoms with E-state index in [0.29, 0.717) is 0 Å². The molecule has 2 aromatic rings. The second kappa shape index (κ2) is 13.6. The van der Waals surface area contributed by atoms with E-state index >= 15 is 0 Å². The molecule has 0 aliphatic heterocycles. The Bertz CT molecular complexity index is 414. The van der Waals surface area contributed by atoms with Gasteiger partial charge in [0, 0.05) is 11.1 Å². The zero-order chi connectivity index (χ0) is 14.8. The minimum absolute atomic E-state index is 0.